The minimum absolute atomic E-state index is 0.126. The van der Waals surface area contributed by atoms with Crippen LogP contribution >= 0.6 is 11.6 Å². The molecule has 0 saturated heterocycles. The molecule has 0 aliphatic rings. The van der Waals surface area contributed by atoms with Gasteiger partial charge in [-0.1, -0.05) is 23.7 Å². The lowest BCUT2D eigenvalue weighted by atomic mass is 10.2. The molecule has 15 heavy (non-hydrogen) atoms. The molecule has 1 unspecified atom stereocenters. The maximum absolute atomic E-state index is 11.6. The van der Waals surface area contributed by atoms with E-state index >= 15 is 0 Å². The van der Waals surface area contributed by atoms with Crippen molar-refractivity contribution in [2.75, 3.05) is 0 Å². The molecule has 0 heterocycles. The Balaban J connectivity index is 2.88. The topological polar surface area (TPSA) is 57.9 Å². The maximum Gasteiger partial charge on any atom is 0.170 e. The molecule has 1 aromatic carbocycles. The number of rotatable bonds is 3. The first-order chi connectivity index (χ1) is 6.95. The Bertz CT molecular complexity index is 473. The average Bonchev–Trinajstić information content (AvgIpc) is 2.20. The molecule has 1 aromatic rings. The molecule has 0 N–H and O–H groups in total. The first-order valence-electron chi connectivity index (χ1n) is 4.31. The van der Waals surface area contributed by atoms with Crippen molar-refractivity contribution in [3.05, 3.63) is 34.9 Å². The van der Waals surface area contributed by atoms with Crippen LogP contribution in [-0.4, -0.2) is 13.7 Å². The molecule has 1 atom stereocenters. The van der Waals surface area contributed by atoms with Crippen LogP contribution in [0.25, 0.3) is 0 Å². The predicted octanol–water partition coefficient (Wildman–Crippen LogP) is 2.17. The zero-order valence-corrected chi connectivity index (χ0v) is 9.72. The number of hydrogen-bond acceptors (Lipinski definition) is 3. The minimum atomic E-state index is -3.38. The highest BCUT2D eigenvalue weighted by Crippen LogP contribution is 2.14. The van der Waals surface area contributed by atoms with Crippen molar-refractivity contribution >= 4 is 21.4 Å². The number of nitriles is 1. The fraction of sp³-hybridized carbons (Fsp3) is 0.300. The number of hydrogen-bond donors (Lipinski definition) is 0. The molecule has 80 valence electrons. The summed E-state index contributed by atoms with van der Waals surface area (Å²) in [4.78, 5) is 0. The standard InChI is InChI=1S/C10H10ClNO2S/c1-8(6-12)15(13,14)7-9-2-4-10(11)5-3-9/h2-5,8H,7H2,1H3. The summed E-state index contributed by atoms with van der Waals surface area (Å²) in [5.41, 5.74) is 0.640. The van der Waals surface area contributed by atoms with E-state index in [0.29, 0.717) is 10.6 Å². The zero-order chi connectivity index (χ0) is 11.5. The largest absolute Gasteiger partial charge is 0.227 e. The fourth-order valence-corrected chi connectivity index (χ4v) is 2.21. The molecule has 0 aliphatic heterocycles. The zero-order valence-electron chi connectivity index (χ0n) is 8.14. The van der Waals surface area contributed by atoms with Gasteiger partial charge in [0, 0.05) is 5.02 Å². The molecular formula is C10H10ClNO2S. The van der Waals surface area contributed by atoms with Crippen molar-refractivity contribution in [3.63, 3.8) is 0 Å². The predicted molar refractivity (Wildman–Crippen MR) is 59.2 cm³/mol. The molecule has 0 saturated carbocycles. The molecule has 0 amide bonds. The minimum Gasteiger partial charge on any atom is -0.227 e. The molecule has 0 bridgehead atoms. The summed E-state index contributed by atoms with van der Waals surface area (Å²) >= 11 is 5.67. The van der Waals surface area contributed by atoms with Gasteiger partial charge in [-0.3, -0.25) is 0 Å². The molecule has 5 heteroatoms. The van der Waals surface area contributed by atoms with Gasteiger partial charge in [0.1, 0.15) is 5.25 Å². The summed E-state index contributed by atoms with van der Waals surface area (Å²) in [6.45, 7) is 1.38. The lowest BCUT2D eigenvalue weighted by molar-refractivity contribution is 0.591. The fourth-order valence-electron chi connectivity index (χ4n) is 1.02. The molecule has 1 rings (SSSR count). The van der Waals surface area contributed by atoms with Crippen molar-refractivity contribution < 1.29 is 8.42 Å². The van der Waals surface area contributed by atoms with Gasteiger partial charge in [-0.25, -0.2) is 8.42 Å². The van der Waals surface area contributed by atoms with E-state index in [-0.39, 0.29) is 5.75 Å². The Labute approximate surface area is 94.2 Å². The van der Waals surface area contributed by atoms with Crippen molar-refractivity contribution in [1.82, 2.24) is 0 Å². The number of halogens is 1. The second-order valence-corrected chi connectivity index (χ2v) is 5.96. The third-order valence-corrected chi connectivity index (χ3v) is 4.17. The van der Waals surface area contributed by atoms with Gasteiger partial charge in [0.05, 0.1) is 11.8 Å². The van der Waals surface area contributed by atoms with Gasteiger partial charge in [0.15, 0.2) is 9.84 Å². The smallest absolute Gasteiger partial charge is 0.170 e. The third-order valence-electron chi connectivity index (χ3n) is 2.00. The number of benzene rings is 1. The van der Waals surface area contributed by atoms with Gasteiger partial charge >= 0.3 is 0 Å². The Morgan fingerprint density at radius 3 is 2.40 bits per heavy atom. The summed E-state index contributed by atoms with van der Waals surface area (Å²) in [5.74, 6) is -0.126. The van der Waals surface area contributed by atoms with Crippen molar-refractivity contribution in [2.24, 2.45) is 0 Å². The van der Waals surface area contributed by atoms with Crippen LogP contribution in [-0.2, 0) is 15.6 Å². The molecule has 0 aliphatic carbocycles. The molecular weight excluding hydrogens is 234 g/mol. The van der Waals surface area contributed by atoms with Crippen LogP contribution in [0.4, 0.5) is 0 Å². The van der Waals surface area contributed by atoms with E-state index in [1.165, 1.54) is 6.92 Å². The van der Waals surface area contributed by atoms with Crippen molar-refractivity contribution in [1.29, 1.82) is 5.26 Å². The first kappa shape index (κ1) is 12.0. The first-order valence-corrected chi connectivity index (χ1v) is 6.40. The normalized spacial score (nSPS) is 13.1. The van der Waals surface area contributed by atoms with Crippen molar-refractivity contribution in [2.45, 2.75) is 17.9 Å². The maximum atomic E-state index is 11.6. The van der Waals surface area contributed by atoms with Gasteiger partial charge in [-0.05, 0) is 24.6 Å². The Morgan fingerprint density at radius 1 is 1.40 bits per heavy atom. The second-order valence-electron chi connectivity index (χ2n) is 3.20. The van der Waals surface area contributed by atoms with E-state index in [1.54, 1.807) is 30.3 Å². The van der Waals surface area contributed by atoms with Gasteiger partial charge < -0.3 is 0 Å². The summed E-state index contributed by atoms with van der Waals surface area (Å²) < 4.78 is 23.1. The SMILES string of the molecule is CC(C#N)S(=O)(=O)Cc1ccc(Cl)cc1. The van der Waals surface area contributed by atoms with Crippen LogP contribution in [0.5, 0.6) is 0 Å². The van der Waals surface area contributed by atoms with E-state index in [2.05, 4.69) is 0 Å². The highest BCUT2D eigenvalue weighted by molar-refractivity contribution is 7.91. The van der Waals surface area contributed by atoms with Crippen LogP contribution in [0.2, 0.25) is 5.02 Å². The van der Waals surface area contributed by atoms with Crippen LogP contribution in [0.15, 0.2) is 24.3 Å². The Hall–Kier alpha value is -1.05. The quantitative estimate of drug-likeness (QED) is 0.818. The Kier molecular flexibility index (Phi) is 3.72. The highest BCUT2D eigenvalue weighted by Gasteiger charge is 2.20. The van der Waals surface area contributed by atoms with E-state index in [0.717, 1.165) is 0 Å². The third kappa shape index (κ3) is 3.22. The van der Waals surface area contributed by atoms with Gasteiger partial charge in [0.25, 0.3) is 0 Å². The summed E-state index contributed by atoms with van der Waals surface area (Å²) in [5, 5.41) is 8.12. The monoisotopic (exact) mass is 243 g/mol. The van der Waals surface area contributed by atoms with Crippen LogP contribution in [0.1, 0.15) is 12.5 Å². The van der Waals surface area contributed by atoms with Crippen molar-refractivity contribution in [3.8, 4) is 6.07 Å². The van der Waals surface area contributed by atoms with Gasteiger partial charge in [0.2, 0.25) is 0 Å². The lowest BCUT2D eigenvalue weighted by Gasteiger charge is -2.05. The van der Waals surface area contributed by atoms with Crippen LogP contribution < -0.4 is 0 Å². The average molecular weight is 244 g/mol. The van der Waals surface area contributed by atoms with Crippen LogP contribution in [0, 0.1) is 11.3 Å². The van der Waals surface area contributed by atoms with E-state index in [9.17, 15) is 8.42 Å². The highest BCUT2D eigenvalue weighted by atomic mass is 35.5. The van der Waals surface area contributed by atoms with Gasteiger partial charge in [-0.2, -0.15) is 5.26 Å². The summed E-state index contributed by atoms with van der Waals surface area (Å²) in [6.07, 6.45) is 0. The summed E-state index contributed by atoms with van der Waals surface area (Å²) in [7, 11) is -3.38. The number of nitrogens with zero attached hydrogens (tertiary/aromatic N) is 1. The molecule has 3 nitrogen and oxygen atoms in total. The van der Waals surface area contributed by atoms with Crippen LogP contribution in [0.3, 0.4) is 0 Å². The van der Waals surface area contributed by atoms with E-state index in [4.69, 9.17) is 16.9 Å². The van der Waals surface area contributed by atoms with E-state index in [1.807, 2.05) is 0 Å². The number of sulfone groups is 1. The van der Waals surface area contributed by atoms with Gasteiger partial charge in [-0.15, -0.1) is 0 Å². The molecule has 0 radical (unpaired) electrons. The Morgan fingerprint density at radius 2 is 1.93 bits per heavy atom. The lowest BCUT2D eigenvalue weighted by Crippen LogP contribution is -2.17. The summed E-state index contributed by atoms with van der Waals surface area (Å²) in [6, 6.07) is 8.27. The molecule has 0 fully saturated rings. The van der Waals surface area contributed by atoms with E-state index < -0.39 is 15.1 Å². The molecule has 0 spiro atoms. The second kappa shape index (κ2) is 4.65. The molecule has 0 aromatic heterocycles.